The lowest BCUT2D eigenvalue weighted by Gasteiger charge is -2.57. The number of ether oxygens (including phenoxy) is 1. The first kappa shape index (κ1) is 15.8. The molecule has 3 nitrogen and oxygen atoms in total. The van der Waals surface area contributed by atoms with Gasteiger partial charge in [0, 0.05) is 11.8 Å². The third-order valence-electron chi connectivity index (χ3n) is 7.58. The van der Waals surface area contributed by atoms with Crippen molar-refractivity contribution >= 4 is 5.78 Å². The summed E-state index contributed by atoms with van der Waals surface area (Å²) in [5, 5.41) is 11.0. The minimum atomic E-state index is -0.474. The second-order valence-electron chi connectivity index (χ2n) is 9.70. The summed E-state index contributed by atoms with van der Waals surface area (Å²) in [5.74, 6) is 0.661. The largest absolute Gasteiger partial charge is 0.389 e. The number of epoxide rings is 1. The number of hydrogen-bond donors (Lipinski definition) is 1. The summed E-state index contributed by atoms with van der Waals surface area (Å²) in [5.41, 5.74) is 2.17. The van der Waals surface area contributed by atoms with Crippen LogP contribution in [0.25, 0.3) is 0 Å². The minimum Gasteiger partial charge on any atom is -0.389 e. The quantitative estimate of drug-likeness (QED) is 0.751. The van der Waals surface area contributed by atoms with Gasteiger partial charge in [0.05, 0.1) is 18.8 Å². The Hall–Kier alpha value is -0.670. The fourth-order valence-corrected chi connectivity index (χ4v) is 6.24. The first-order chi connectivity index (χ1) is 10.7. The van der Waals surface area contributed by atoms with Gasteiger partial charge in [-0.25, -0.2) is 0 Å². The molecule has 1 N–H and O–H groups in total. The van der Waals surface area contributed by atoms with Crippen LogP contribution < -0.4 is 0 Å². The van der Waals surface area contributed by atoms with Crippen LogP contribution in [-0.4, -0.2) is 29.7 Å². The molecule has 1 saturated carbocycles. The molecule has 3 heteroatoms. The molecule has 4 aliphatic rings. The van der Waals surface area contributed by atoms with E-state index in [2.05, 4.69) is 27.7 Å². The zero-order chi connectivity index (χ0) is 16.6. The summed E-state index contributed by atoms with van der Waals surface area (Å²) in [6.07, 6.45) is 5.45. The van der Waals surface area contributed by atoms with Crippen LogP contribution in [0.15, 0.2) is 11.1 Å². The van der Waals surface area contributed by atoms with E-state index in [4.69, 9.17) is 4.74 Å². The maximum absolute atomic E-state index is 13.0. The molecule has 1 unspecified atom stereocenters. The number of Topliss-reactive ketones (excluding diaryl/α,β-unsaturated/α-hetero) is 1. The molecule has 0 bridgehead atoms. The maximum atomic E-state index is 13.0. The van der Waals surface area contributed by atoms with Crippen molar-refractivity contribution in [3.05, 3.63) is 11.1 Å². The number of carbonyl (C=O) groups is 1. The number of rotatable bonds is 1. The van der Waals surface area contributed by atoms with Crippen molar-refractivity contribution in [3.8, 4) is 0 Å². The predicted molar refractivity (Wildman–Crippen MR) is 89.0 cm³/mol. The molecule has 4 rings (SSSR count). The fourth-order valence-electron chi connectivity index (χ4n) is 6.24. The number of allylic oxidation sites excluding steroid dienone is 1. The van der Waals surface area contributed by atoms with E-state index in [1.807, 2.05) is 0 Å². The Morgan fingerprint density at radius 2 is 1.87 bits per heavy atom. The highest BCUT2D eigenvalue weighted by atomic mass is 16.6. The Bertz CT molecular complexity index is 586. The molecule has 2 fully saturated rings. The fraction of sp³-hybridized carbons (Fsp3) is 0.850. The molecule has 0 aromatic rings. The molecule has 5 atom stereocenters. The summed E-state index contributed by atoms with van der Waals surface area (Å²) >= 11 is 0. The first-order valence-electron chi connectivity index (χ1n) is 9.24. The molecule has 0 spiro atoms. The number of aliphatic hydroxyl groups is 1. The summed E-state index contributed by atoms with van der Waals surface area (Å²) < 4.78 is 5.53. The molecule has 0 aromatic carbocycles. The zero-order valence-electron chi connectivity index (χ0n) is 14.9. The van der Waals surface area contributed by atoms with Crippen molar-refractivity contribution < 1.29 is 14.6 Å². The van der Waals surface area contributed by atoms with Crippen LogP contribution in [0.1, 0.15) is 66.2 Å². The van der Waals surface area contributed by atoms with E-state index in [9.17, 15) is 9.90 Å². The van der Waals surface area contributed by atoms with Gasteiger partial charge in [-0.15, -0.1) is 0 Å². The lowest BCUT2D eigenvalue weighted by molar-refractivity contribution is -0.124. The van der Waals surface area contributed by atoms with Gasteiger partial charge in [0.15, 0.2) is 5.78 Å². The summed E-state index contributed by atoms with van der Waals surface area (Å²) in [7, 11) is 0. The monoisotopic (exact) mass is 318 g/mol. The van der Waals surface area contributed by atoms with Crippen LogP contribution >= 0.6 is 0 Å². The highest BCUT2D eigenvalue weighted by Crippen LogP contribution is 2.62. The first-order valence-corrected chi connectivity index (χ1v) is 9.24. The lowest BCUT2D eigenvalue weighted by atomic mass is 9.47. The van der Waals surface area contributed by atoms with Crippen molar-refractivity contribution in [2.45, 2.75) is 78.4 Å². The van der Waals surface area contributed by atoms with Gasteiger partial charge in [0.2, 0.25) is 0 Å². The molecular formula is C20H30O3. The van der Waals surface area contributed by atoms with E-state index in [0.29, 0.717) is 18.1 Å². The van der Waals surface area contributed by atoms with Crippen LogP contribution in [0.2, 0.25) is 0 Å². The van der Waals surface area contributed by atoms with Crippen molar-refractivity contribution in [1.29, 1.82) is 0 Å². The topological polar surface area (TPSA) is 49.8 Å². The number of carbonyl (C=O) groups excluding carboxylic acids is 1. The van der Waals surface area contributed by atoms with Crippen LogP contribution in [-0.2, 0) is 9.53 Å². The van der Waals surface area contributed by atoms with Crippen LogP contribution in [0.4, 0.5) is 0 Å². The smallest absolute Gasteiger partial charge is 0.159 e. The highest BCUT2D eigenvalue weighted by molar-refractivity contribution is 5.98. The average Bonchev–Trinajstić information content (AvgIpc) is 3.25. The zero-order valence-corrected chi connectivity index (χ0v) is 14.9. The van der Waals surface area contributed by atoms with Crippen LogP contribution in [0, 0.1) is 22.2 Å². The second-order valence-corrected chi connectivity index (χ2v) is 9.70. The van der Waals surface area contributed by atoms with Gasteiger partial charge < -0.3 is 9.84 Å². The average molecular weight is 318 g/mol. The molecule has 1 heterocycles. The van der Waals surface area contributed by atoms with E-state index < -0.39 is 6.10 Å². The second kappa shape index (κ2) is 4.70. The van der Waals surface area contributed by atoms with Crippen molar-refractivity contribution in [3.63, 3.8) is 0 Å². The molecule has 1 saturated heterocycles. The maximum Gasteiger partial charge on any atom is 0.159 e. The van der Waals surface area contributed by atoms with Crippen molar-refractivity contribution in [2.24, 2.45) is 22.2 Å². The Balaban J connectivity index is 1.80. The van der Waals surface area contributed by atoms with E-state index in [-0.39, 0.29) is 22.3 Å². The Kier molecular flexibility index (Phi) is 3.23. The number of ketones is 1. The van der Waals surface area contributed by atoms with E-state index >= 15 is 0 Å². The molecule has 23 heavy (non-hydrogen) atoms. The molecule has 0 amide bonds. The Labute approximate surface area is 139 Å². The van der Waals surface area contributed by atoms with Gasteiger partial charge in [-0.05, 0) is 53.6 Å². The van der Waals surface area contributed by atoms with Gasteiger partial charge in [0.25, 0.3) is 0 Å². The van der Waals surface area contributed by atoms with Crippen molar-refractivity contribution in [2.75, 3.05) is 6.61 Å². The SMILES string of the molecule is CC1(C)CCC[C@]2(C)C3=C(C[C@@](C)(C4CO4)C[C@@H]3O)C(=O)C[C@@H]12. The number of hydrogen-bond acceptors (Lipinski definition) is 3. The van der Waals surface area contributed by atoms with Crippen LogP contribution in [0.3, 0.4) is 0 Å². The predicted octanol–water partition coefficient (Wildman–Crippen LogP) is 3.65. The minimum absolute atomic E-state index is 0.00382. The summed E-state index contributed by atoms with van der Waals surface area (Å²) in [6.45, 7) is 9.91. The lowest BCUT2D eigenvalue weighted by Crippen LogP contribution is -2.52. The summed E-state index contributed by atoms with van der Waals surface area (Å²) in [4.78, 5) is 13.0. The van der Waals surface area contributed by atoms with Gasteiger partial charge in [-0.3, -0.25) is 4.79 Å². The third kappa shape index (κ3) is 2.19. The number of aliphatic hydroxyl groups excluding tert-OH is 1. The molecule has 1 aliphatic heterocycles. The van der Waals surface area contributed by atoms with E-state index in [1.54, 1.807) is 0 Å². The van der Waals surface area contributed by atoms with E-state index in [0.717, 1.165) is 37.0 Å². The van der Waals surface area contributed by atoms with Crippen LogP contribution in [0.5, 0.6) is 0 Å². The normalized spacial score (nSPS) is 48.7. The molecule has 128 valence electrons. The van der Waals surface area contributed by atoms with Gasteiger partial charge in [-0.2, -0.15) is 0 Å². The third-order valence-corrected chi connectivity index (χ3v) is 7.58. The Morgan fingerprint density at radius 1 is 1.17 bits per heavy atom. The van der Waals surface area contributed by atoms with Gasteiger partial charge >= 0.3 is 0 Å². The standard InChI is InChI=1S/C20H30O3/c1-18(2)6-5-7-20(4)15(18)8-13(21)12-9-19(3,16-11-23-16)10-14(22)17(12)20/h14-16,22H,5-11H2,1-4H3/t14-,15-,16?,19+,20-/m0/s1. The summed E-state index contributed by atoms with van der Waals surface area (Å²) in [6, 6.07) is 0. The molecule has 3 aliphatic carbocycles. The van der Waals surface area contributed by atoms with E-state index in [1.165, 1.54) is 12.8 Å². The molecule has 0 aromatic heterocycles. The number of fused-ring (bicyclic) bond motifs is 2. The molecule has 0 radical (unpaired) electrons. The van der Waals surface area contributed by atoms with Crippen molar-refractivity contribution in [1.82, 2.24) is 0 Å². The Morgan fingerprint density at radius 3 is 2.52 bits per heavy atom. The molecular weight excluding hydrogens is 288 g/mol. The van der Waals surface area contributed by atoms with Gasteiger partial charge in [-0.1, -0.05) is 34.1 Å². The van der Waals surface area contributed by atoms with Gasteiger partial charge in [0.1, 0.15) is 0 Å². The highest BCUT2D eigenvalue weighted by Gasteiger charge is 2.58.